The van der Waals surface area contributed by atoms with Crippen molar-refractivity contribution >= 4 is 0 Å². The van der Waals surface area contributed by atoms with E-state index in [0.29, 0.717) is 5.76 Å². The Balaban J connectivity index is 4.34. The molecule has 10 heavy (non-hydrogen) atoms. The van der Waals surface area contributed by atoms with Gasteiger partial charge in [0, 0.05) is 5.92 Å². The molecule has 0 aromatic carbocycles. The normalized spacial score (nSPS) is 14.5. The van der Waals surface area contributed by atoms with Gasteiger partial charge in [-0.05, 0) is 19.4 Å². The van der Waals surface area contributed by atoms with E-state index in [4.69, 9.17) is 0 Å². The predicted molar refractivity (Wildman–Crippen MR) is 45.0 cm³/mol. The second-order valence-corrected chi connectivity index (χ2v) is 2.72. The third kappa shape index (κ3) is 2.72. The molecule has 1 N–H and O–H groups in total. The molecule has 0 heterocycles. The molecule has 0 aromatic heterocycles. The van der Waals surface area contributed by atoms with Gasteiger partial charge in [0.1, 0.15) is 0 Å². The first-order chi connectivity index (χ1) is 4.59. The summed E-state index contributed by atoms with van der Waals surface area (Å²) in [5.74, 6) is 0.717. The van der Waals surface area contributed by atoms with Crippen LogP contribution in [0.15, 0.2) is 23.5 Å². The number of rotatable bonds is 2. The van der Waals surface area contributed by atoms with Crippen LogP contribution in [0.3, 0.4) is 0 Å². The van der Waals surface area contributed by atoms with Crippen molar-refractivity contribution in [3.63, 3.8) is 0 Å². The number of hydrogen-bond acceptors (Lipinski definition) is 1. The summed E-state index contributed by atoms with van der Waals surface area (Å²) in [6, 6.07) is 0. The van der Waals surface area contributed by atoms with Crippen molar-refractivity contribution in [3.8, 4) is 0 Å². The van der Waals surface area contributed by atoms with Crippen molar-refractivity contribution in [1.82, 2.24) is 0 Å². The summed E-state index contributed by atoms with van der Waals surface area (Å²) in [4.78, 5) is 0. The Kier molecular flexibility index (Phi) is 3.85. The van der Waals surface area contributed by atoms with Crippen molar-refractivity contribution in [3.05, 3.63) is 23.5 Å². The van der Waals surface area contributed by atoms with Crippen LogP contribution in [0.2, 0.25) is 0 Å². The lowest BCUT2D eigenvalue weighted by Gasteiger charge is -2.04. The zero-order chi connectivity index (χ0) is 8.15. The fourth-order valence-corrected chi connectivity index (χ4v) is 0.791. The molecule has 0 bridgehead atoms. The third-order valence-corrected chi connectivity index (χ3v) is 1.37. The first-order valence-electron chi connectivity index (χ1n) is 3.62. The van der Waals surface area contributed by atoms with Crippen LogP contribution in [0.5, 0.6) is 0 Å². The highest BCUT2D eigenvalue weighted by molar-refractivity contribution is 5.19. The number of aliphatic hydroxyl groups excluding tert-OH is 1. The molecule has 0 aliphatic carbocycles. The van der Waals surface area contributed by atoms with E-state index < -0.39 is 0 Å². The maximum Gasteiger partial charge on any atom is 0.0976 e. The predicted octanol–water partition coefficient (Wildman–Crippen LogP) is 3.05. The SMILES string of the molecule is C/C=C/C(C)=C(/O)C(C)C. The van der Waals surface area contributed by atoms with E-state index in [-0.39, 0.29) is 5.92 Å². The Morgan fingerprint density at radius 3 is 2.20 bits per heavy atom. The van der Waals surface area contributed by atoms with Crippen LogP contribution in [0.25, 0.3) is 0 Å². The maximum atomic E-state index is 9.35. The summed E-state index contributed by atoms with van der Waals surface area (Å²) >= 11 is 0. The lowest BCUT2D eigenvalue weighted by atomic mass is 10.1. The molecule has 1 heteroatoms. The van der Waals surface area contributed by atoms with Crippen molar-refractivity contribution in [1.29, 1.82) is 0 Å². The summed E-state index contributed by atoms with van der Waals surface area (Å²) < 4.78 is 0. The van der Waals surface area contributed by atoms with Crippen LogP contribution in [0, 0.1) is 5.92 Å². The smallest absolute Gasteiger partial charge is 0.0976 e. The van der Waals surface area contributed by atoms with Crippen LogP contribution in [0.4, 0.5) is 0 Å². The van der Waals surface area contributed by atoms with Gasteiger partial charge in [-0.25, -0.2) is 0 Å². The minimum Gasteiger partial charge on any atom is -0.512 e. The molecule has 0 radical (unpaired) electrons. The van der Waals surface area contributed by atoms with Crippen LogP contribution >= 0.6 is 0 Å². The van der Waals surface area contributed by atoms with E-state index in [9.17, 15) is 5.11 Å². The van der Waals surface area contributed by atoms with Gasteiger partial charge in [-0.2, -0.15) is 0 Å². The molecule has 0 unspecified atom stereocenters. The molecule has 0 fully saturated rings. The molecule has 0 aliphatic heterocycles. The lowest BCUT2D eigenvalue weighted by molar-refractivity contribution is 0.347. The van der Waals surface area contributed by atoms with E-state index >= 15 is 0 Å². The number of allylic oxidation sites excluding steroid dienone is 4. The van der Waals surface area contributed by atoms with Crippen molar-refractivity contribution in [2.45, 2.75) is 27.7 Å². The van der Waals surface area contributed by atoms with Crippen LogP contribution in [-0.4, -0.2) is 5.11 Å². The van der Waals surface area contributed by atoms with Gasteiger partial charge in [0.25, 0.3) is 0 Å². The third-order valence-electron chi connectivity index (χ3n) is 1.37. The Morgan fingerprint density at radius 1 is 1.40 bits per heavy atom. The largest absolute Gasteiger partial charge is 0.512 e. The molecular formula is C9H16O. The summed E-state index contributed by atoms with van der Waals surface area (Å²) in [5.41, 5.74) is 0.956. The van der Waals surface area contributed by atoms with Crippen LogP contribution in [0.1, 0.15) is 27.7 Å². The average Bonchev–Trinajstić information content (AvgIpc) is 1.87. The van der Waals surface area contributed by atoms with E-state index in [0.717, 1.165) is 5.57 Å². The fourth-order valence-electron chi connectivity index (χ4n) is 0.791. The maximum absolute atomic E-state index is 9.35. The molecule has 0 saturated carbocycles. The van der Waals surface area contributed by atoms with Gasteiger partial charge in [0.05, 0.1) is 5.76 Å². The van der Waals surface area contributed by atoms with Gasteiger partial charge in [-0.15, -0.1) is 0 Å². The standard InChI is InChI=1S/C9H16O/c1-5-6-8(4)9(10)7(2)3/h5-7,10H,1-4H3/b6-5+,9-8+. The highest BCUT2D eigenvalue weighted by atomic mass is 16.3. The molecule has 58 valence electrons. The number of aliphatic hydroxyl groups is 1. The van der Waals surface area contributed by atoms with Crippen molar-refractivity contribution in [2.24, 2.45) is 5.92 Å². The van der Waals surface area contributed by atoms with Gasteiger partial charge in [0.15, 0.2) is 0 Å². The second kappa shape index (κ2) is 4.15. The van der Waals surface area contributed by atoms with Crippen molar-refractivity contribution in [2.75, 3.05) is 0 Å². The molecule has 0 rings (SSSR count). The fraction of sp³-hybridized carbons (Fsp3) is 0.556. The molecule has 0 saturated heterocycles. The molecular weight excluding hydrogens is 124 g/mol. The quantitative estimate of drug-likeness (QED) is 0.461. The van der Waals surface area contributed by atoms with E-state index in [2.05, 4.69) is 0 Å². The first kappa shape index (κ1) is 9.28. The van der Waals surface area contributed by atoms with Gasteiger partial charge >= 0.3 is 0 Å². The molecule has 0 spiro atoms. The summed E-state index contributed by atoms with van der Waals surface area (Å²) in [7, 11) is 0. The Hall–Kier alpha value is -0.720. The minimum atomic E-state index is 0.233. The Bertz CT molecular complexity index is 152. The molecule has 0 amide bonds. The topological polar surface area (TPSA) is 20.2 Å². The van der Waals surface area contributed by atoms with E-state index in [1.807, 2.05) is 39.8 Å². The van der Waals surface area contributed by atoms with Crippen molar-refractivity contribution < 1.29 is 5.11 Å². The highest BCUT2D eigenvalue weighted by Crippen LogP contribution is 2.11. The number of hydrogen-bond donors (Lipinski definition) is 1. The van der Waals surface area contributed by atoms with Gasteiger partial charge < -0.3 is 5.11 Å². The second-order valence-electron chi connectivity index (χ2n) is 2.72. The molecule has 1 nitrogen and oxygen atoms in total. The van der Waals surface area contributed by atoms with E-state index in [1.54, 1.807) is 0 Å². The highest BCUT2D eigenvalue weighted by Gasteiger charge is 2.01. The van der Waals surface area contributed by atoms with Gasteiger partial charge in [-0.1, -0.05) is 26.0 Å². The Labute approximate surface area is 63.1 Å². The summed E-state index contributed by atoms with van der Waals surface area (Å²) in [5, 5.41) is 9.35. The van der Waals surface area contributed by atoms with Gasteiger partial charge in [0.2, 0.25) is 0 Å². The van der Waals surface area contributed by atoms with E-state index in [1.165, 1.54) is 0 Å². The minimum absolute atomic E-state index is 0.233. The summed E-state index contributed by atoms with van der Waals surface area (Å²) in [6.45, 7) is 7.80. The summed E-state index contributed by atoms with van der Waals surface area (Å²) in [6.07, 6.45) is 3.84. The zero-order valence-electron chi connectivity index (χ0n) is 7.18. The zero-order valence-corrected chi connectivity index (χ0v) is 7.18. The van der Waals surface area contributed by atoms with Crippen LogP contribution in [-0.2, 0) is 0 Å². The van der Waals surface area contributed by atoms with Gasteiger partial charge in [-0.3, -0.25) is 0 Å². The first-order valence-corrected chi connectivity index (χ1v) is 3.62. The molecule has 0 aromatic rings. The Morgan fingerprint density at radius 2 is 1.90 bits per heavy atom. The molecule has 0 atom stereocenters. The van der Waals surface area contributed by atoms with Crippen LogP contribution < -0.4 is 0 Å². The molecule has 0 aliphatic rings. The average molecular weight is 140 g/mol. The lowest BCUT2D eigenvalue weighted by Crippen LogP contribution is -1.94. The monoisotopic (exact) mass is 140 g/mol.